The highest BCUT2D eigenvalue weighted by molar-refractivity contribution is 9.09. The molecule has 1 heterocycles. The molecule has 0 amide bonds. The van der Waals surface area contributed by atoms with Crippen LogP contribution >= 0.6 is 38.9 Å². The Morgan fingerprint density at radius 2 is 2.19 bits per heavy atom. The number of alkyl halides is 1. The molecule has 0 aliphatic carbocycles. The molecule has 2 aromatic rings. The van der Waals surface area contributed by atoms with Crippen LogP contribution in [-0.2, 0) is 6.42 Å². The van der Waals surface area contributed by atoms with Crippen molar-refractivity contribution in [3.8, 4) is 0 Å². The van der Waals surface area contributed by atoms with Crippen LogP contribution in [0.2, 0.25) is 5.02 Å². The van der Waals surface area contributed by atoms with Gasteiger partial charge in [-0.3, -0.25) is 0 Å². The molecule has 1 nitrogen and oxygen atoms in total. The summed E-state index contributed by atoms with van der Waals surface area (Å²) in [6.07, 6.45) is 0.864. The summed E-state index contributed by atoms with van der Waals surface area (Å²) in [6.45, 7) is 2.02. The van der Waals surface area contributed by atoms with Gasteiger partial charge in [0.25, 0.3) is 0 Å². The molecule has 0 saturated carbocycles. The van der Waals surface area contributed by atoms with Crippen molar-refractivity contribution in [2.75, 3.05) is 0 Å². The van der Waals surface area contributed by atoms with Crippen molar-refractivity contribution < 1.29 is 0 Å². The lowest BCUT2D eigenvalue weighted by Crippen LogP contribution is -1.96. The Bertz CT molecular complexity index is 483. The lowest BCUT2D eigenvalue weighted by Gasteiger charge is -2.08. The average Bonchev–Trinajstić information content (AvgIpc) is 2.68. The summed E-state index contributed by atoms with van der Waals surface area (Å²) in [4.78, 5) is 4.70. The van der Waals surface area contributed by atoms with Gasteiger partial charge in [0.2, 0.25) is 0 Å². The quantitative estimate of drug-likeness (QED) is 0.742. The van der Waals surface area contributed by atoms with Crippen molar-refractivity contribution in [2.24, 2.45) is 0 Å². The van der Waals surface area contributed by atoms with Gasteiger partial charge in [-0.25, -0.2) is 4.98 Å². The van der Waals surface area contributed by atoms with Crippen LogP contribution in [0, 0.1) is 6.92 Å². The van der Waals surface area contributed by atoms with Crippen molar-refractivity contribution in [2.45, 2.75) is 18.2 Å². The van der Waals surface area contributed by atoms with Crippen LogP contribution in [-0.4, -0.2) is 4.98 Å². The maximum absolute atomic E-state index is 6.12. The third-order valence-corrected chi connectivity index (χ3v) is 4.27. The van der Waals surface area contributed by atoms with Crippen molar-refractivity contribution in [1.29, 1.82) is 0 Å². The summed E-state index contributed by atoms with van der Waals surface area (Å²) in [6, 6.07) is 7.92. The van der Waals surface area contributed by atoms with E-state index in [0.29, 0.717) is 0 Å². The van der Waals surface area contributed by atoms with Crippen molar-refractivity contribution in [3.05, 3.63) is 50.9 Å². The first kappa shape index (κ1) is 12.1. The number of hydrogen-bond acceptors (Lipinski definition) is 2. The lowest BCUT2D eigenvalue weighted by molar-refractivity contribution is 0.910. The zero-order valence-corrected chi connectivity index (χ0v) is 11.9. The Kier molecular flexibility index (Phi) is 4.00. The minimum Gasteiger partial charge on any atom is -0.245 e. The zero-order chi connectivity index (χ0) is 11.5. The molecule has 1 unspecified atom stereocenters. The Hall–Kier alpha value is -0.380. The Balaban J connectivity index is 2.13. The molecule has 1 aromatic carbocycles. The van der Waals surface area contributed by atoms with E-state index in [1.54, 1.807) is 11.3 Å². The summed E-state index contributed by atoms with van der Waals surface area (Å²) in [5.41, 5.74) is 2.24. The van der Waals surface area contributed by atoms with Crippen LogP contribution in [0.5, 0.6) is 0 Å². The largest absolute Gasteiger partial charge is 0.245 e. The van der Waals surface area contributed by atoms with Crippen molar-refractivity contribution in [3.63, 3.8) is 0 Å². The van der Waals surface area contributed by atoms with Gasteiger partial charge in [-0.05, 0) is 25.0 Å². The van der Waals surface area contributed by atoms with Crippen LogP contribution in [0.15, 0.2) is 29.6 Å². The van der Waals surface area contributed by atoms with Gasteiger partial charge in [0, 0.05) is 10.4 Å². The molecule has 0 spiro atoms. The van der Waals surface area contributed by atoms with Crippen LogP contribution in [0.4, 0.5) is 0 Å². The molecule has 84 valence electrons. The maximum Gasteiger partial charge on any atom is 0.0897 e. The first-order valence-electron chi connectivity index (χ1n) is 4.96. The van der Waals surface area contributed by atoms with Crippen molar-refractivity contribution in [1.82, 2.24) is 4.98 Å². The number of benzene rings is 1. The van der Waals surface area contributed by atoms with Gasteiger partial charge >= 0.3 is 0 Å². The number of halogens is 2. The van der Waals surface area contributed by atoms with Gasteiger partial charge in [-0.2, -0.15) is 0 Å². The molecule has 16 heavy (non-hydrogen) atoms. The van der Waals surface area contributed by atoms with Gasteiger partial charge in [-0.15, -0.1) is 11.3 Å². The highest BCUT2D eigenvalue weighted by atomic mass is 79.9. The van der Waals surface area contributed by atoms with E-state index in [2.05, 4.69) is 32.4 Å². The second-order valence-corrected chi connectivity index (χ2v) is 6.13. The maximum atomic E-state index is 6.12. The lowest BCUT2D eigenvalue weighted by atomic mass is 10.1. The summed E-state index contributed by atoms with van der Waals surface area (Å²) in [5.74, 6) is 0. The molecular formula is C12H11BrClNS. The topological polar surface area (TPSA) is 12.9 Å². The third kappa shape index (κ3) is 2.84. The minimum absolute atomic E-state index is 0.234. The molecule has 0 radical (unpaired) electrons. The second kappa shape index (κ2) is 5.30. The molecular weight excluding hydrogens is 306 g/mol. The van der Waals surface area contributed by atoms with Gasteiger partial charge in [-0.1, -0.05) is 45.7 Å². The van der Waals surface area contributed by atoms with Crippen LogP contribution in [0.1, 0.15) is 21.1 Å². The molecule has 1 atom stereocenters. The smallest absolute Gasteiger partial charge is 0.0897 e. The fourth-order valence-electron chi connectivity index (χ4n) is 1.49. The predicted octanol–water partition coefficient (Wildman–Crippen LogP) is 4.78. The average molecular weight is 317 g/mol. The van der Waals surface area contributed by atoms with Gasteiger partial charge in [0.1, 0.15) is 0 Å². The number of aromatic nitrogens is 1. The normalized spacial score (nSPS) is 12.7. The van der Waals surface area contributed by atoms with E-state index in [1.165, 1.54) is 0 Å². The summed E-state index contributed by atoms with van der Waals surface area (Å²) in [5, 5.41) is 4.00. The number of nitrogens with zero attached hydrogens (tertiary/aromatic N) is 1. The van der Waals surface area contributed by atoms with Gasteiger partial charge in [0.15, 0.2) is 0 Å². The monoisotopic (exact) mass is 315 g/mol. The van der Waals surface area contributed by atoms with E-state index in [4.69, 9.17) is 11.6 Å². The Morgan fingerprint density at radius 1 is 1.44 bits per heavy atom. The van der Waals surface area contributed by atoms with Gasteiger partial charge < -0.3 is 0 Å². The van der Waals surface area contributed by atoms with Gasteiger partial charge in [0.05, 0.1) is 15.5 Å². The highest BCUT2D eigenvalue weighted by Crippen LogP contribution is 2.30. The number of aryl methyl sites for hydroxylation is 1. The molecule has 0 bridgehead atoms. The first-order chi connectivity index (χ1) is 7.66. The molecule has 0 fully saturated rings. The Morgan fingerprint density at radius 3 is 2.81 bits per heavy atom. The fourth-order valence-corrected chi connectivity index (χ4v) is 3.12. The summed E-state index contributed by atoms with van der Waals surface area (Å²) < 4.78 is 0. The van der Waals surface area contributed by atoms with E-state index in [0.717, 1.165) is 27.7 Å². The molecule has 2 rings (SSSR count). The van der Waals surface area contributed by atoms with E-state index in [-0.39, 0.29) is 4.83 Å². The molecule has 0 aliphatic rings. The van der Waals surface area contributed by atoms with E-state index >= 15 is 0 Å². The third-order valence-electron chi connectivity index (χ3n) is 2.31. The molecule has 0 saturated heterocycles. The predicted molar refractivity (Wildman–Crippen MR) is 73.7 cm³/mol. The minimum atomic E-state index is 0.234. The highest BCUT2D eigenvalue weighted by Gasteiger charge is 2.12. The summed E-state index contributed by atoms with van der Waals surface area (Å²) >= 11 is 11.5. The first-order valence-corrected chi connectivity index (χ1v) is 7.13. The fraction of sp³-hybridized carbons (Fsp3) is 0.250. The molecule has 0 N–H and O–H groups in total. The van der Waals surface area contributed by atoms with E-state index < -0.39 is 0 Å². The second-order valence-electron chi connectivity index (χ2n) is 3.55. The van der Waals surface area contributed by atoms with E-state index in [1.807, 2.05) is 25.1 Å². The standard InChI is InChI=1S/C12H11BrClNS/c1-8-15-12(7-16-8)10(13)6-9-4-2-3-5-11(9)14/h2-5,7,10H,6H2,1H3. The van der Waals surface area contributed by atoms with Crippen molar-refractivity contribution >= 4 is 38.9 Å². The Labute approximate surface area is 113 Å². The number of rotatable bonds is 3. The molecule has 1 aromatic heterocycles. The number of thiazole rings is 1. The summed E-state index contributed by atoms with van der Waals surface area (Å²) in [7, 11) is 0. The molecule has 4 heteroatoms. The molecule has 0 aliphatic heterocycles. The SMILES string of the molecule is Cc1nc(C(Br)Cc2ccccc2Cl)cs1. The number of hydrogen-bond donors (Lipinski definition) is 0. The van der Waals surface area contributed by atoms with E-state index in [9.17, 15) is 0 Å². The zero-order valence-electron chi connectivity index (χ0n) is 8.78. The van der Waals surface area contributed by atoms with Crippen LogP contribution in [0.25, 0.3) is 0 Å². The van der Waals surface area contributed by atoms with Crippen LogP contribution in [0.3, 0.4) is 0 Å². The van der Waals surface area contributed by atoms with Crippen LogP contribution < -0.4 is 0 Å².